The first kappa shape index (κ1) is 28.9. The van der Waals surface area contributed by atoms with Crippen LogP contribution in [-0.4, -0.2) is 53.0 Å². The van der Waals surface area contributed by atoms with Gasteiger partial charge in [0.1, 0.15) is 6.04 Å². The molecule has 0 unspecified atom stereocenters. The standard InChI is InChI=1S/C30H45N3O4/c1-8-12-20-15-16-21-24(23(20)26(35)31-7)28(37)33(22(17-34)19-13-10-9-11-14-19)25(21)27(36)32-30(5,6)18-29(2,3)4/h9-11,13-16,20-25,34H,8,12,17-18H2,1-7H3,(H,31,35)(H,32,36)/t20-,21+,22-,23-,24-,25+/m1/s1. The Bertz CT molecular complexity index is 998. The summed E-state index contributed by atoms with van der Waals surface area (Å²) in [4.78, 5) is 43.0. The first-order chi connectivity index (χ1) is 17.3. The van der Waals surface area contributed by atoms with Crippen LogP contribution >= 0.6 is 0 Å². The molecule has 0 radical (unpaired) electrons. The topological polar surface area (TPSA) is 98.7 Å². The first-order valence-electron chi connectivity index (χ1n) is 13.5. The molecule has 1 aromatic rings. The largest absolute Gasteiger partial charge is 0.394 e. The Morgan fingerprint density at radius 1 is 1.05 bits per heavy atom. The number of aliphatic hydroxyl groups excluding tert-OH is 1. The summed E-state index contributed by atoms with van der Waals surface area (Å²) in [7, 11) is 1.59. The highest BCUT2D eigenvalue weighted by atomic mass is 16.3. The summed E-state index contributed by atoms with van der Waals surface area (Å²) < 4.78 is 0. The van der Waals surface area contributed by atoms with Crippen LogP contribution in [0.25, 0.3) is 0 Å². The van der Waals surface area contributed by atoms with Gasteiger partial charge in [-0.05, 0) is 43.6 Å². The van der Waals surface area contributed by atoms with Crippen LogP contribution in [0, 0.1) is 29.1 Å². The molecule has 1 fully saturated rings. The van der Waals surface area contributed by atoms with E-state index in [0.717, 1.165) is 24.8 Å². The maximum absolute atomic E-state index is 14.2. The third-order valence-electron chi connectivity index (χ3n) is 7.61. The van der Waals surface area contributed by atoms with Crippen LogP contribution in [0.5, 0.6) is 0 Å². The molecule has 1 aliphatic carbocycles. The molecule has 204 valence electrons. The van der Waals surface area contributed by atoms with E-state index in [-0.39, 0.29) is 35.7 Å². The van der Waals surface area contributed by atoms with E-state index in [1.165, 1.54) is 0 Å². The van der Waals surface area contributed by atoms with Gasteiger partial charge in [0.2, 0.25) is 17.7 Å². The third kappa shape index (κ3) is 6.25. The van der Waals surface area contributed by atoms with Gasteiger partial charge in [0.25, 0.3) is 0 Å². The second-order valence-corrected chi connectivity index (χ2v) is 12.5. The van der Waals surface area contributed by atoms with E-state index in [9.17, 15) is 19.5 Å². The normalized spacial score (nSPS) is 26.5. The van der Waals surface area contributed by atoms with Gasteiger partial charge in [-0.15, -0.1) is 0 Å². The van der Waals surface area contributed by atoms with Gasteiger partial charge < -0.3 is 20.6 Å². The molecule has 7 heteroatoms. The van der Waals surface area contributed by atoms with Crippen molar-refractivity contribution in [1.29, 1.82) is 0 Å². The second-order valence-electron chi connectivity index (χ2n) is 12.5. The molecule has 6 atom stereocenters. The SMILES string of the molecule is CCC[C@@H]1C=C[C@H]2[C@@H](C(=O)N([C@H](CO)c3ccccc3)[C@@H]2C(=O)NC(C)(C)CC(C)(C)C)[C@@H]1C(=O)NC. The molecule has 1 heterocycles. The number of carbonyl (C=O) groups is 3. The first-order valence-corrected chi connectivity index (χ1v) is 13.5. The summed E-state index contributed by atoms with van der Waals surface area (Å²) in [5.41, 5.74) is 0.242. The highest BCUT2D eigenvalue weighted by Gasteiger charge is 2.58. The number of likely N-dealkylation sites (tertiary alicyclic amines) is 1. The van der Waals surface area contributed by atoms with Gasteiger partial charge in [-0.3, -0.25) is 14.4 Å². The molecule has 0 bridgehead atoms. The molecule has 0 aromatic heterocycles. The number of allylic oxidation sites excluding steroid dienone is 1. The Morgan fingerprint density at radius 2 is 1.70 bits per heavy atom. The molecule has 1 saturated heterocycles. The van der Waals surface area contributed by atoms with E-state index >= 15 is 0 Å². The minimum absolute atomic E-state index is 0.00933. The van der Waals surface area contributed by atoms with Crippen molar-refractivity contribution in [2.75, 3.05) is 13.7 Å². The number of nitrogens with zero attached hydrogens (tertiary/aromatic N) is 1. The molecular formula is C30H45N3O4. The van der Waals surface area contributed by atoms with E-state index in [1.54, 1.807) is 11.9 Å². The van der Waals surface area contributed by atoms with Gasteiger partial charge in [-0.1, -0.05) is 76.6 Å². The molecule has 1 aromatic carbocycles. The maximum Gasteiger partial charge on any atom is 0.243 e. The molecule has 3 N–H and O–H groups in total. The predicted octanol–water partition coefficient (Wildman–Crippen LogP) is 3.84. The van der Waals surface area contributed by atoms with Gasteiger partial charge >= 0.3 is 0 Å². The zero-order valence-corrected chi connectivity index (χ0v) is 23.5. The van der Waals surface area contributed by atoms with E-state index in [2.05, 4.69) is 38.3 Å². The monoisotopic (exact) mass is 511 g/mol. The fraction of sp³-hybridized carbons (Fsp3) is 0.633. The molecule has 37 heavy (non-hydrogen) atoms. The highest BCUT2D eigenvalue weighted by Crippen LogP contribution is 2.48. The van der Waals surface area contributed by atoms with Crippen LogP contribution in [0.3, 0.4) is 0 Å². The van der Waals surface area contributed by atoms with Gasteiger partial charge in [-0.2, -0.15) is 0 Å². The van der Waals surface area contributed by atoms with Crippen LogP contribution in [0.4, 0.5) is 0 Å². The summed E-state index contributed by atoms with van der Waals surface area (Å²) >= 11 is 0. The lowest BCUT2D eigenvalue weighted by molar-refractivity contribution is -0.144. The minimum Gasteiger partial charge on any atom is -0.394 e. The summed E-state index contributed by atoms with van der Waals surface area (Å²) in [6, 6.07) is 7.79. The second kappa shape index (κ2) is 11.4. The van der Waals surface area contributed by atoms with Gasteiger partial charge in [0.15, 0.2) is 0 Å². The average molecular weight is 512 g/mol. The summed E-state index contributed by atoms with van der Waals surface area (Å²) in [5.74, 6) is -2.46. The lowest BCUT2D eigenvalue weighted by Gasteiger charge is -2.38. The zero-order valence-electron chi connectivity index (χ0n) is 23.5. The molecule has 0 saturated carbocycles. The Balaban J connectivity index is 2.10. The highest BCUT2D eigenvalue weighted by molar-refractivity contribution is 5.97. The van der Waals surface area contributed by atoms with E-state index in [1.807, 2.05) is 56.3 Å². The van der Waals surface area contributed by atoms with Crippen molar-refractivity contribution in [3.63, 3.8) is 0 Å². The fourth-order valence-corrected chi connectivity index (χ4v) is 6.72. The lowest BCUT2D eigenvalue weighted by Crippen LogP contribution is -2.55. The van der Waals surface area contributed by atoms with Crippen molar-refractivity contribution in [3.8, 4) is 0 Å². The van der Waals surface area contributed by atoms with Crippen molar-refractivity contribution in [2.45, 2.75) is 78.4 Å². The molecule has 3 rings (SSSR count). The molecular weight excluding hydrogens is 466 g/mol. The molecule has 0 spiro atoms. The number of nitrogens with one attached hydrogen (secondary N) is 2. The van der Waals surface area contributed by atoms with Crippen molar-refractivity contribution in [2.24, 2.45) is 29.1 Å². The van der Waals surface area contributed by atoms with Crippen molar-refractivity contribution in [1.82, 2.24) is 15.5 Å². The number of rotatable bonds is 9. The third-order valence-corrected chi connectivity index (χ3v) is 7.61. The molecule has 1 aliphatic heterocycles. The van der Waals surface area contributed by atoms with E-state index < -0.39 is 35.4 Å². The number of fused-ring (bicyclic) bond motifs is 1. The van der Waals surface area contributed by atoms with Crippen LogP contribution < -0.4 is 10.6 Å². The Kier molecular flexibility index (Phi) is 8.89. The van der Waals surface area contributed by atoms with Crippen molar-refractivity contribution >= 4 is 17.7 Å². The quantitative estimate of drug-likeness (QED) is 0.439. The van der Waals surface area contributed by atoms with Crippen LogP contribution in [-0.2, 0) is 14.4 Å². The fourth-order valence-electron chi connectivity index (χ4n) is 6.72. The average Bonchev–Trinajstić information content (AvgIpc) is 3.10. The Labute approximate surface area is 222 Å². The Hall–Kier alpha value is -2.67. The molecule has 3 amide bonds. The summed E-state index contributed by atoms with van der Waals surface area (Å²) in [5, 5.41) is 16.5. The summed E-state index contributed by atoms with van der Waals surface area (Å²) in [6.45, 7) is 12.1. The zero-order chi connectivity index (χ0) is 27.5. The number of amides is 3. The molecule has 2 aliphatic rings. The van der Waals surface area contributed by atoms with Gasteiger partial charge in [-0.25, -0.2) is 0 Å². The van der Waals surface area contributed by atoms with Crippen LogP contribution in [0.2, 0.25) is 0 Å². The van der Waals surface area contributed by atoms with E-state index in [4.69, 9.17) is 0 Å². The number of hydrogen-bond donors (Lipinski definition) is 3. The maximum atomic E-state index is 14.2. The Morgan fingerprint density at radius 3 is 2.24 bits per heavy atom. The van der Waals surface area contributed by atoms with Gasteiger partial charge in [0.05, 0.1) is 24.5 Å². The smallest absolute Gasteiger partial charge is 0.243 e. The summed E-state index contributed by atoms with van der Waals surface area (Å²) in [6.07, 6.45) is 6.41. The van der Waals surface area contributed by atoms with Crippen molar-refractivity contribution < 1.29 is 19.5 Å². The number of hydrogen-bond acceptors (Lipinski definition) is 4. The lowest BCUT2D eigenvalue weighted by atomic mass is 9.68. The van der Waals surface area contributed by atoms with Gasteiger partial charge in [0, 0.05) is 18.5 Å². The van der Waals surface area contributed by atoms with E-state index in [0.29, 0.717) is 0 Å². The minimum atomic E-state index is -0.833. The number of benzene rings is 1. The number of carbonyl (C=O) groups excluding carboxylic acids is 3. The van der Waals surface area contributed by atoms with Crippen LogP contribution in [0.15, 0.2) is 42.5 Å². The number of aliphatic hydroxyl groups is 1. The van der Waals surface area contributed by atoms with Crippen molar-refractivity contribution in [3.05, 3.63) is 48.0 Å². The predicted molar refractivity (Wildman–Crippen MR) is 145 cm³/mol. The van der Waals surface area contributed by atoms with Crippen LogP contribution in [0.1, 0.15) is 72.4 Å². The molecule has 7 nitrogen and oxygen atoms in total.